The number of anilines is 1. The normalized spacial score (nSPS) is 14.0. The summed E-state index contributed by atoms with van der Waals surface area (Å²) >= 11 is 0. The highest BCUT2D eigenvalue weighted by molar-refractivity contribution is 5.70. The van der Waals surface area contributed by atoms with Crippen molar-refractivity contribution in [1.29, 1.82) is 5.26 Å². The highest BCUT2D eigenvalue weighted by Gasteiger charge is 2.22. The van der Waals surface area contributed by atoms with Crippen LogP contribution in [0.1, 0.15) is 11.1 Å². The van der Waals surface area contributed by atoms with Crippen molar-refractivity contribution < 1.29 is 19.5 Å². The molecule has 32 heavy (non-hydrogen) atoms. The molecule has 2 aromatic carbocycles. The van der Waals surface area contributed by atoms with Gasteiger partial charge in [-0.05, 0) is 47.5 Å². The van der Waals surface area contributed by atoms with Gasteiger partial charge in [0.15, 0.2) is 6.61 Å². The number of nitrogens with one attached hydrogen (secondary N) is 1. The van der Waals surface area contributed by atoms with E-state index in [0.29, 0.717) is 11.3 Å². The molecule has 1 aliphatic rings. The molecule has 0 atom stereocenters. The van der Waals surface area contributed by atoms with Crippen molar-refractivity contribution >= 4 is 11.8 Å². The summed E-state index contributed by atoms with van der Waals surface area (Å²) in [5, 5.41) is 18.0. The van der Waals surface area contributed by atoms with Gasteiger partial charge >= 0.3 is 5.97 Å². The van der Waals surface area contributed by atoms with Crippen LogP contribution in [0.5, 0.6) is 5.75 Å². The summed E-state index contributed by atoms with van der Waals surface area (Å²) < 4.78 is 5.43. The van der Waals surface area contributed by atoms with Gasteiger partial charge in [-0.1, -0.05) is 24.3 Å². The number of carboxylic acids is 1. The summed E-state index contributed by atoms with van der Waals surface area (Å²) in [4.78, 5) is 19.1. The van der Waals surface area contributed by atoms with E-state index in [4.69, 9.17) is 15.1 Å². The van der Waals surface area contributed by atoms with Gasteiger partial charge < -0.3 is 19.6 Å². The number of quaternary nitrogens is 1. The van der Waals surface area contributed by atoms with Crippen LogP contribution >= 0.6 is 0 Å². The van der Waals surface area contributed by atoms with Gasteiger partial charge in [0.05, 0.1) is 37.8 Å². The number of nitriles is 1. The van der Waals surface area contributed by atoms with Gasteiger partial charge in [0.1, 0.15) is 18.1 Å². The lowest BCUT2D eigenvalue weighted by molar-refractivity contribution is -0.914. The highest BCUT2D eigenvalue weighted by atomic mass is 16.5. The van der Waals surface area contributed by atoms with E-state index in [0.717, 1.165) is 55.2 Å². The number of carbonyl (C=O) groups is 1. The quantitative estimate of drug-likeness (QED) is 0.597. The number of benzene rings is 2. The van der Waals surface area contributed by atoms with E-state index >= 15 is 0 Å². The average Bonchev–Trinajstić information content (AvgIpc) is 2.84. The number of nitrogens with zero attached hydrogens (tertiary/aromatic N) is 3. The van der Waals surface area contributed by atoms with Crippen LogP contribution in [0.3, 0.4) is 0 Å². The Balaban J connectivity index is 1.53. The van der Waals surface area contributed by atoms with Gasteiger partial charge in [0.2, 0.25) is 0 Å². The van der Waals surface area contributed by atoms with Crippen LogP contribution in [0.2, 0.25) is 0 Å². The minimum Gasteiger partial charge on any atom is -0.482 e. The van der Waals surface area contributed by atoms with E-state index in [-0.39, 0.29) is 6.61 Å². The Hall–Kier alpha value is -3.89. The molecule has 1 saturated heterocycles. The van der Waals surface area contributed by atoms with Crippen LogP contribution in [0.25, 0.3) is 11.1 Å². The second kappa shape index (κ2) is 9.94. The van der Waals surface area contributed by atoms with E-state index in [9.17, 15) is 4.79 Å². The number of aromatic nitrogens is 1. The molecule has 0 unspecified atom stereocenters. The Bertz CT molecular complexity index is 1100. The van der Waals surface area contributed by atoms with Gasteiger partial charge in [-0.2, -0.15) is 5.26 Å². The predicted octanol–water partition coefficient (Wildman–Crippen LogP) is 1.99. The number of hydrogen-bond donors (Lipinski definition) is 2. The molecule has 1 aliphatic heterocycles. The fourth-order valence-electron chi connectivity index (χ4n) is 4.00. The van der Waals surface area contributed by atoms with E-state index in [1.54, 1.807) is 6.07 Å². The first kappa shape index (κ1) is 21.3. The maximum absolute atomic E-state index is 10.9. The number of piperazine rings is 1. The molecule has 4 rings (SSSR count). The van der Waals surface area contributed by atoms with Crippen LogP contribution in [0.15, 0.2) is 66.9 Å². The molecular formula is C25H25N4O3+. The molecule has 0 bridgehead atoms. The van der Waals surface area contributed by atoms with Gasteiger partial charge in [0, 0.05) is 11.8 Å². The van der Waals surface area contributed by atoms with E-state index < -0.39 is 5.97 Å². The van der Waals surface area contributed by atoms with Crippen molar-refractivity contribution in [2.45, 2.75) is 6.54 Å². The molecule has 7 nitrogen and oxygen atoms in total. The van der Waals surface area contributed by atoms with E-state index in [2.05, 4.69) is 16.0 Å². The summed E-state index contributed by atoms with van der Waals surface area (Å²) in [5.74, 6) is 0.555. The van der Waals surface area contributed by atoms with Crippen LogP contribution in [-0.2, 0) is 11.3 Å². The third-order valence-electron chi connectivity index (χ3n) is 5.65. The molecule has 0 radical (unpaired) electrons. The minimum absolute atomic E-state index is 0.370. The van der Waals surface area contributed by atoms with Gasteiger partial charge in [-0.3, -0.25) is 0 Å². The molecular weight excluding hydrogens is 404 g/mol. The number of hydrogen-bond acceptors (Lipinski definition) is 5. The lowest BCUT2D eigenvalue weighted by Gasteiger charge is -2.33. The monoisotopic (exact) mass is 429 g/mol. The Morgan fingerprint density at radius 2 is 1.91 bits per heavy atom. The summed E-state index contributed by atoms with van der Waals surface area (Å²) in [6.07, 6.45) is 1.82. The highest BCUT2D eigenvalue weighted by Crippen LogP contribution is 2.27. The fraction of sp³-hybridized carbons (Fsp3) is 0.240. The number of rotatable bonds is 7. The summed E-state index contributed by atoms with van der Waals surface area (Å²) in [7, 11) is 0. The van der Waals surface area contributed by atoms with Crippen molar-refractivity contribution in [3.8, 4) is 22.9 Å². The number of carboxylic acid groups (broad SMARTS) is 1. The van der Waals surface area contributed by atoms with Crippen molar-refractivity contribution in [1.82, 2.24) is 4.98 Å². The SMILES string of the molecule is N#Cc1ccc(-c2ccc(OCC(=O)O)cc2C[NH+]2CCN(c3ccccn3)CC2)cc1. The summed E-state index contributed by atoms with van der Waals surface area (Å²) in [6, 6.07) is 21.4. The van der Waals surface area contributed by atoms with Gasteiger partial charge in [0.25, 0.3) is 0 Å². The number of pyridine rings is 1. The third-order valence-corrected chi connectivity index (χ3v) is 5.65. The first-order valence-corrected chi connectivity index (χ1v) is 10.6. The van der Waals surface area contributed by atoms with Crippen LogP contribution in [0.4, 0.5) is 5.82 Å². The third kappa shape index (κ3) is 5.23. The maximum atomic E-state index is 10.9. The maximum Gasteiger partial charge on any atom is 0.341 e. The Kier molecular flexibility index (Phi) is 6.63. The van der Waals surface area contributed by atoms with Crippen molar-refractivity contribution in [2.24, 2.45) is 0 Å². The zero-order valence-electron chi connectivity index (χ0n) is 17.7. The summed E-state index contributed by atoms with van der Waals surface area (Å²) in [6.45, 7) is 4.23. The largest absolute Gasteiger partial charge is 0.482 e. The molecule has 3 aromatic rings. The first-order valence-electron chi connectivity index (χ1n) is 10.6. The molecule has 1 aromatic heterocycles. The number of aliphatic carboxylic acids is 1. The first-order chi connectivity index (χ1) is 15.6. The molecule has 0 amide bonds. The zero-order valence-corrected chi connectivity index (χ0v) is 17.7. The lowest BCUT2D eigenvalue weighted by atomic mass is 9.98. The topological polar surface area (TPSA) is 90.9 Å². The standard InChI is InChI=1S/C25H24N4O3/c26-16-19-4-6-20(7-5-19)23-9-8-22(32-18-25(30)31)15-21(23)17-28-11-13-29(14-12-28)24-3-1-2-10-27-24/h1-10,15H,11-14,17-18H2,(H,30,31)/p+1. The summed E-state index contributed by atoms with van der Waals surface area (Å²) in [5.41, 5.74) is 3.80. The molecule has 0 saturated carbocycles. The minimum atomic E-state index is -1.00. The Morgan fingerprint density at radius 3 is 2.56 bits per heavy atom. The Labute approximate surface area is 187 Å². The van der Waals surface area contributed by atoms with Crippen LogP contribution in [0, 0.1) is 11.3 Å². The van der Waals surface area contributed by atoms with Crippen molar-refractivity contribution in [3.05, 3.63) is 78.0 Å². The van der Waals surface area contributed by atoms with E-state index in [1.165, 1.54) is 4.90 Å². The van der Waals surface area contributed by atoms with Crippen LogP contribution in [-0.4, -0.2) is 48.8 Å². The second-order valence-corrected chi connectivity index (χ2v) is 7.79. The van der Waals surface area contributed by atoms with Crippen LogP contribution < -0.4 is 14.5 Å². The molecule has 7 heteroatoms. The molecule has 0 aliphatic carbocycles. The molecule has 0 spiro atoms. The van der Waals surface area contributed by atoms with Crippen molar-refractivity contribution in [3.63, 3.8) is 0 Å². The van der Waals surface area contributed by atoms with Gasteiger partial charge in [-0.25, -0.2) is 9.78 Å². The second-order valence-electron chi connectivity index (χ2n) is 7.79. The zero-order chi connectivity index (χ0) is 22.3. The van der Waals surface area contributed by atoms with Crippen molar-refractivity contribution in [2.75, 3.05) is 37.7 Å². The fourth-order valence-corrected chi connectivity index (χ4v) is 4.00. The molecule has 162 valence electrons. The van der Waals surface area contributed by atoms with E-state index in [1.807, 2.05) is 60.8 Å². The smallest absolute Gasteiger partial charge is 0.341 e. The Morgan fingerprint density at radius 1 is 1.12 bits per heavy atom. The molecule has 2 heterocycles. The predicted molar refractivity (Wildman–Crippen MR) is 121 cm³/mol. The molecule has 2 N–H and O–H groups in total. The van der Waals surface area contributed by atoms with Gasteiger partial charge in [-0.15, -0.1) is 0 Å². The molecule has 1 fully saturated rings. The lowest BCUT2D eigenvalue weighted by Crippen LogP contribution is -3.13. The average molecular weight is 430 g/mol. The number of ether oxygens (including phenoxy) is 1.